The Labute approximate surface area is 195 Å². The smallest absolute Gasteiger partial charge is 0.493 e. The van der Waals surface area contributed by atoms with Crippen LogP contribution in [0, 0.1) is 0 Å². The van der Waals surface area contributed by atoms with E-state index in [2.05, 4.69) is 0 Å². The first kappa shape index (κ1) is 27.1. The molecular formula is C24H29F3NO6+. The van der Waals surface area contributed by atoms with E-state index in [1.807, 2.05) is 0 Å². The van der Waals surface area contributed by atoms with E-state index < -0.39 is 29.9 Å². The molecule has 2 rings (SSSR count). The molecule has 0 saturated heterocycles. The van der Waals surface area contributed by atoms with Crippen LogP contribution in [0.15, 0.2) is 42.5 Å². The number of hydrogen-bond donors (Lipinski definition) is 2. The van der Waals surface area contributed by atoms with Crippen molar-refractivity contribution in [2.24, 2.45) is 0 Å². The monoisotopic (exact) mass is 484 g/mol. The van der Waals surface area contributed by atoms with Gasteiger partial charge in [0.1, 0.15) is 18.9 Å². The molecule has 0 bridgehead atoms. The van der Waals surface area contributed by atoms with Gasteiger partial charge in [0, 0.05) is 17.5 Å². The Morgan fingerprint density at radius 1 is 1.09 bits per heavy atom. The van der Waals surface area contributed by atoms with E-state index in [1.54, 1.807) is 39.0 Å². The van der Waals surface area contributed by atoms with Crippen molar-refractivity contribution < 1.29 is 47.4 Å². The molecule has 0 aromatic heterocycles. The predicted molar refractivity (Wildman–Crippen MR) is 116 cm³/mol. The summed E-state index contributed by atoms with van der Waals surface area (Å²) in [5, 5.41) is 10.6. The zero-order chi connectivity index (χ0) is 25.3. The van der Waals surface area contributed by atoms with Crippen LogP contribution in [-0.2, 0) is 40.0 Å². The number of nitrogens with two attached hydrogens (primary N) is 1. The third kappa shape index (κ3) is 8.68. The van der Waals surface area contributed by atoms with E-state index in [9.17, 15) is 27.9 Å². The van der Waals surface area contributed by atoms with Crippen molar-refractivity contribution in [1.29, 1.82) is 0 Å². The van der Waals surface area contributed by atoms with Gasteiger partial charge in [-0.05, 0) is 50.6 Å². The summed E-state index contributed by atoms with van der Waals surface area (Å²) in [6.45, 7) is 5.49. The van der Waals surface area contributed by atoms with Crippen molar-refractivity contribution in [3.63, 3.8) is 0 Å². The maximum atomic E-state index is 12.8. The minimum Gasteiger partial charge on any atom is -0.493 e. The molecule has 0 saturated carbocycles. The third-order valence-electron chi connectivity index (χ3n) is 4.69. The maximum absolute atomic E-state index is 12.8. The van der Waals surface area contributed by atoms with E-state index in [1.165, 1.54) is 12.1 Å². The summed E-state index contributed by atoms with van der Waals surface area (Å²) in [5.41, 5.74) is 0.740. The van der Waals surface area contributed by atoms with Crippen LogP contribution in [0.5, 0.6) is 5.75 Å². The minimum atomic E-state index is -4.46. The zero-order valence-electron chi connectivity index (χ0n) is 19.2. The second-order valence-electron chi connectivity index (χ2n) is 7.81. The number of quaternary nitrogens is 1. The van der Waals surface area contributed by atoms with Gasteiger partial charge in [-0.3, -0.25) is 0 Å². The molecule has 1 amide bonds. The van der Waals surface area contributed by atoms with Gasteiger partial charge in [-0.25, -0.2) is 10.1 Å². The van der Waals surface area contributed by atoms with Crippen molar-refractivity contribution in [2.45, 2.75) is 58.7 Å². The number of carbonyl (C=O) groups is 2. The number of hydrogen-bond acceptors (Lipinski definition) is 5. The number of carboxylic acids is 1. The lowest BCUT2D eigenvalue weighted by molar-refractivity contribution is -0.587. The number of primary amides is 1. The highest BCUT2D eigenvalue weighted by Gasteiger charge is 2.30. The van der Waals surface area contributed by atoms with Gasteiger partial charge < -0.3 is 19.3 Å². The number of amides is 1. The summed E-state index contributed by atoms with van der Waals surface area (Å²) in [6, 6.07) is 9.80. The first-order valence-electron chi connectivity index (χ1n) is 10.8. The third-order valence-corrected chi connectivity index (χ3v) is 4.69. The van der Waals surface area contributed by atoms with Gasteiger partial charge in [-0.15, -0.1) is 0 Å². The van der Waals surface area contributed by atoms with Gasteiger partial charge in [-0.2, -0.15) is 18.0 Å². The number of rotatable bonds is 11. The number of halogens is 3. The summed E-state index contributed by atoms with van der Waals surface area (Å²) in [6.07, 6.45) is -6.35. The molecule has 0 aliphatic heterocycles. The first-order valence-corrected chi connectivity index (χ1v) is 10.8. The number of alkyl halides is 3. The van der Waals surface area contributed by atoms with Gasteiger partial charge in [0.2, 0.25) is 0 Å². The zero-order valence-corrected chi connectivity index (χ0v) is 19.2. The number of aliphatic carboxylic acids is 1. The van der Waals surface area contributed by atoms with Crippen LogP contribution < -0.4 is 10.1 Å². The molecule has 0 heterocycles. The molecule has 34 heavy (non-hydrogen) atoms. The van der Waals surface area contributed by atoms with Crippen LogP contribution in [-0.4, -0.2) is 36.0 Å². The molecule has 3 N–H and O–H groups in total. The number of benzene rings is 2. The molecule has 0 aliphatic carbocycles. The standard InChI is InChI=1S/C24H28F3NO6/c1-4-32-20-9-8-16(12-21(22(29)30)34-15(2)3)10-18(20)14-33-23(31)28-13-17-6-5-7-19(11-17)24(25,26)27/h5-11,15,21H,4,12-14H2,1-3H3,(H,28,31)(H,29,30)/p+1. The Bertz CT molecular complexity index is 977. The Morgan fingerprint density at radius 2 is 1.82 bits per heavy atom. The lowest BCUT2D eigenvalue weighted by Crippen LogP contribution is -2.86. The largest absolute Gasteiger partial charge is 0.513 e. The summed E-state index contributed by atoms with van der Waals surface area (Å²) in [5.74, 6) is -0.603. The Morgan fingerprint density at radius 3 is 2.44 bits per heavy atom. The second-order valence-corrected chi connectivity index (χ2v) is 7.81. The minimum absolute atomic E-state index is 0.0199. The molecule has 0 radical (unpaired) electrons. The van der Waals surface area contributed by atoms with E-state index >= 15 is 0 Å². The number of carbonyl (C=O) groups excluding carboxylic acids is 1. The van der Waals surface area contributed by atoms with E-state index in [-0.39, 0.29) is 25.7 Å². The fraction of sp³-hybridized carbons (Fsp3) is 0.417. The van der Waals surface area contributed by atoms with Crippen LogP contribution in [0.3, 0.4) is 0 Å². The van der Waals surface area contributed by atoms with E-state index in [0.29, 0.717) is 29.0 Å². The van der Waals surface area contributed by atoms with Crippen LogP contribution in [0.25, 0.3) is 0 Å². The molecule has 0 aliphatic rings. The topological polar surface area (TPSA) is 98.7 Å². The maximum Gasteiger partial charge on any atom is 0.513 e. The first-order chi connectivity index (χ1) is 16.0. The molecule has 1 unspecified atom stereocenters. The molecule has 186 valence electrons. The lowest BCUT2D eigenvalue weighted by atomic mass is 10.0. The molecular weight excluding hydrogens is 455 g/mol. The Hall–Kier alpha value is -3.11. The van der Waals surface area contributed by atoms with Crippen LogP contribution in [0.4, 0.5) is 18.0 Å². The molecule has 0 spiro atoms. The summed E-state index contributed by atoms with van der Waals surface area (Å²) in [7, 11) is 0. The molecule has 2 aromatic carbocycles. The molecule has 1 atom stereocenters. The van der Waals surface area contributed by atoms with Gasteiger partial charge in [-0.1, -0.05) is 18.2 Å². The summed E-state index contributed by atoms with van der Waals surface area (Å²) < 4.78 is 54.8. The van der Waals surface area contributed by atoms with Gasteiger partial charge in [0.25, 0.3) is 0 Å². The van der Waals surface area contributed by atoms with Crippen LogP contribution >= 0.6 is 0 Å². The lowest BCUT2D eigenvalue weighted by Gasteiger charge is -2.18. The molecule has 10 heteroatoms. The fourth-order valence-electron chi connectivity index (χ4n) is 3.19. The SMILES string of the molecule is CCOc1ccc(CC(OC(C)C)C(=O)O)cc1COC(=O)[NH2+]Cc1cccc(C(F)(F)F)c1. The highest BCUT2D eigenvalue weighted by molar-refractivity contribution is 5.72. The Kier molecular flexibility index (Phi) is 9.88. The van der Waals surface area contributed by atoms with E-state index in [0.717, 1.165) is 17.4 Å². The summed E-state index contributed by atoms with van der Waals surface area (Å²) >= 11 is 0. The molecule has 7 nitrogen and oxygen atoms in total. The number of carboxylic acid groups (broad SMARTS) is 1. The van der Waals surface area contributed by atoms with Crippen LogP contribution in [0.2, 0.25) is 0 Å². The molecule has 0 fully saturated rings. The fourth-order valence-corrected chi connectivity index (χ4v) is 3.19. The average Bonchev–Trinajstić information content (AvgIpc) is 2.76. The van der Waals surface area contributed by atoms with Crippen molar-refractivity contribution in [3.05, 3.63) is 64.7 Å². The van der Waals surface area contributed by atoms with Crippen molar-refractivity contribution in [2.75, 3.05) is 6.61 Å². The summed E-state index contributed by atoms with van der Waals surface area (Å²) in [4.78, 5) is 23.7. The normalized spacial score (nSPS) is 12.4. The van der Waals surface area contributed by atoms with E-state index in [4.69, 9.17) is 14.2 Å². The van der Waals surface area contributed by atoms with Gasteiger partial charge >= 0.3 is 18.2 Å². The average molecular weight is 484 g/mol. The molecule has 2 aromatic rings. The van der Waals surface area contributed by atoms with Crippen LogP contribution in [0.1, 0.15) is 43.0 Å². The second kappa shape index (κ2) is 12.4. The number of ether oxygens (including phenoxy) is 3. The van der Waals surface area contributed by atoms with Crippen molar-refractivity contribution in [3.8, 4) is 5.75 Å². The van der Waals surface area contributed by atoms with Crippen molar-refractivity contribution in [1.82, 2.24) is 0 Å². The quantitative estimate of drug-likeness (QED) is 0.502. The van der Waals surface area contributed by atoms with Gasteiger partial charge in [0.15, 0.2) is 6.10 Å². The highest BCUT2D eigenvalue weighted by atomic mass is 19.4. The Balaban J connectivity index is 2.03. The van der Waals surface area contributed by atoms with Crippen molar-refractivity contribution >= 4 is 12.1 Å². The predicted octanol–water partition coefficient (Wildman–Crippen LogP) is 3.93. The highest BCUT2D eigenvalue weighted by Crippen LogP contribution is 2.29. The van der Waals surface area contributed by atoms with Gasteiger partial charge in [0.05, 0.1) is 18.3 Å².